The lowest BCUT2D eigenvalue weighted by Gasteiger charge is -2.14. The number of aromatic amines is 1. The van der Waals surface area contributed by atoms with Crippen molar-refractivity contribution >= 4 is 29.3 Å². The number of nitrogens with zero attached hydrogens (tertiary/aromatic N) is 2. The molecule has 2 N–H and O–H groups in total. The second-order valence-corrected chi connectivity index (χ2v) is 8.46. The fourth-order valence-corrected chi connectivity index (χ4v) is 4.04. The van der Waals surface area contributed by atoms with Crippen LogP contribution in [-0.2, 0) is 4.79 Å². The Labute approximate surface area is 174 Å². The van der Waals surface area contributed by atoms with Crippen LogP contribution in [0.5, 0.6) is 5.75 Å². The molecule has 1 amide bonds. The summed E-state index contributed by atoms with van der Waals surface area (Å²) in [5, 5.41) is 10.9. The highest BCUT2D eigenvalue weighted by Crippen LogP contribution is 2.31. The predicted molar refractivity (Wildman–Crippen MR) is 113 cm³/mol. The van der Waals surface area contributed by atoms with Crippen molar-refractivity contribution in [2.45, 2.75) is 49.4 Å². The van der Waals surface area contributed by atoms with Gasteiger partial charge in [0.1, 0.15) is 5.75 Å². The van der Waals surface area contributed by atoms with E-state index in [1.54, 1.807) is 25.3 Å². The maximum absolute atomic E-state index is 12.4. The maximum atomic E-state index is 12.4. The second kappa shape index (κ2) is 9.98. The van der Waals surface area contributed by atoms with Gasteiger partial charge in [0.25, 0.3) is 0 Å². The van der Waals surface area contributed by atoms with Gasteiger partial charge in [0, 0.05) is 11.6 Å². The van der Waals surface area contributed by atoms with E-state index in [0.717, 1.165) is 18.4 Å². The van der Waals surface area contributed by atoms with Gasteiger partial charge in [-0.3, -0.25) is 9.89 Å². The number of allylic oxidation sites excluding steroid dienone is 1. The van der Waals surface area contributed by atoms with Gasteiger partial charge in [-0.25, -0.2) is 4.98 Å². The monoisotopic (exact) mass is 420 g/mol. The van der Waals surface area contributed by atoms with Crippen molar-refractivity contribution < 1.29 is 9.53 Å². The van der Waals surface area contributed by atoms with E-state index in [1.165, 1.54) is 36.6 Å². The molecule has 1 atom stereocenters. The van der Waals surface area contributed by atoms with Crippen LogP contribution in [0.3, 0.4) is 0 Å². The number of H-pyrrole nitrogens is 1. The number of thioether (sulfide) groups is 1. The summed E-state index contributed by atoms with van der Waals surface area (Å²) in [6, 6.07) is 5.31. The molecule has 0 saturated heterocycles. The summed E-state index contributed by atoms with van der Waals surface area (Å²) in [6.07, 6.45) is 8.11. The molecule has 1 aliphatic rings. The van der Waals surface area contributed by atoms with Crippen molar-refractivity contribution in [1.29, 1.82) is 0 Å². The first-order chi connectivity index (χ1) is 13.6. The number of benzene rings is 1. The Morgan fingerprint density at radius 1 is 1.43 bits per heavy atom. The van der Waals surface area contributed by atoms with Crippen LogP contribution in [0.15, 0.2) is 35.0 Å². The van der Waals surface area contributed by atoms with Gasteiger partial charge in [-0.2, -0.15) is 0 Å². The summed E-state index contributed by atoms with van der Waals surface area (Å²) < 4.78 is 5.36. The first-order valence-electron chi connectivity index (χ1n) is 9.45. The van der Waals surface area contributed by atoms with Gasteiger partial charge < -0.3 is 10.1 Å². The van der Waals surface area contributed by atoms with Crippen LogP contribution in [0.25, 0.3) is 11.4 Å². The lowest BCUT2D eigenvalue weighted by atomic mass is 9.97. The number of methoxy groups -OCH3 is 1. The highest BCUT2D eigenvalue weighted by Gasteiger charge is 2.18. The molecule has 0 aliphatic heterocycles. The largest absolute Gasteiger partial charge is 0.496 e. The Hall–Kier alpha value is -1.99. The molecule has 1 heterocycles. The summed E-state index contributed by atoms with van der Waals surface area (Å²) in [5.74, 6) is 1.20. The Morgan fingerprint density at radius 2 is 2.29 bits per heavy atom. The number of carbonyl (C=O) groups excluding carboxylic acids is 1. The number of halogens is 1. The van der Waals surface area contributed by atoms with E-state index in [-0.39, 0.29) is 11.2 Å². The highest BCUT2D eigenvalue weighted by molar-refractivity contribution is 8.00. The molecular formula is C20H25ClN4O2S. The van der Waals surface area contributed by atoms with Gasteiger partial charge >= 0.3 is 0 Å². The Kier molecular flexibility index (Phi) is 7.39. The van der Waals surface area contributed by atoms with Gasteiger partial charge in [-0.15, -0.1) is 5.10 Å². The van der Waals surface area contributed by atoms with Crippen molar-refractivity contribution in [2.75, 3.05) is 13.7 Å². The molecule has 2 aromatic rings. The van der Waals surface area contributed by atoms with Gasteiger partial charge in [0.05, 0.1) is 17.9 Å². The third-order valence-corrected chi connectivity index (χ3v) is 5.86. The second-order valence-electron chi connectivity index (χ2n) is 6.72. The molecule has 0 bridgehead atoms. The zero-order valence-corrected chi connectivity index (χ0v) is 17.7. The summed E-state index contributed by atoms with van der Waals surface area (Å²) in [6.45, 7) is 2.53. The first kappa shape index (κ1) is 20.7. The summed E-state index contributed by atoms with van der Waals surface area (Å²) >= 11 is 7.40. The Morgan fingerprint density at radius 3 is 3.04 bits per heavy atom. The first-order valence-corrected chi connectivity index (χ1v) is 10.7. The normalized spacial score (nSPS) is 15.0. The van der Waals surface area contributed by atoms with Crippen LogP contribution in [0, 0.1) is 0 Å². The van der Waals surface area contributed by atoms with E-state index in [1.807, 2.05) is 6.92 Å². The van der Waals surface area contributed by atoms with Gasteiger partial charge in [0.2, 0.25) is 11.1 Å². The molecule has 0 radical (unpaired) electrons. The summed E-state index contributed by atoms with van der Waals surface area (Å²) in [5.41, 5.74) is 2.19. The molecule has 0 spiro atoms. The van der Waals surface area contributed by atoms with Crippen LogP contribution < -0.4 is 10.1 Å². The van der Waals surface area contributed by atoms with E-state index < -0.39 is 0 Å². The molecule has 8 heteroatoms. The average Bonchev–Trinajstić information content (AvgIpc) is 3.17. The molecule has 6 nitrogen and oxygen atoms in total. The SMILES string of the molecule is COc1ccc(Cl)cc1-c1nc(S[C@H](C)C(=O)NCCC2=CCCCC2)n[nH]1. The quantitative estimate of drug-likeness (QED) is 0.481. The van der Waals surface area contributed by atoms with Gasteiger partial charge in [-0.05, 0) is 57.2 Å². The highest BCUT2D eigenvalue weighted by atomic mass is 35.5. The van der Waals surface area contributed by atoms with Crippen LogP contribution in [0.1, 0.15) is 39.0 Å². The number of ether oxygens (including phenoxy) is 1. The number of rotatable bonds is 8. The fourth-order valence-electron chi connectivity index (χ4n) is 3.12. The van der Waals surface area contributed by atoms with E-state index in [2.05, 4.69) is 26.6 Å². The average molecular weight is 421 g/mol. The van der Waals surface area contributed by atoms with E-state index in [9.17, 15) is 4.79 Å². The molecule has 0 saturated carbocycles. The lowest BCUT2D eigenvalue weighted by Crippen LogP contribution is -2.32. The predicted octanol–water partition coefficient (Wildman–Crippen LogP) is 4.62. The summed E-state index contributed by atoms with van der Waals surface area (Å²) in [7, 11) is 1.59. The zero-order valence-electron chi connectivity index (χ0n) is 16.1. The number of hydrogen-bond acceptors (Lipinski definition) is 5. The Bertz CT molecular complexity index is 852. The topological polar surface area (TPSA) is 79.9 Å². The lowest BCUT2D eigenvalue weighted by molar-refractivity contribution is -0.120. The van der Waals surface area contributed by atoms with E-state index in [0.29, 0.717) is 28.3 Å². The number of amides is 1. The Balaban J connectivity index is 1.54. The van der Waals surface area contributed by atoms with Crippen LogP contribution >= 0.6 is 23.4 Å². The molecule has 28 heavy (non-hydrogen) atoms. The number of nitrogens with one attached hydrogen (secondary N) is 2. The molecule has 0 fully saturated rings. The third kappa shape index (κ3) is 5.52. The minimum absolute atomic E-state index is 0.00639. The minimum Gasteiger partial charge on any atom is -0.496 e. The van der Waals surface area contributed by atoms with E-state index >= 15 is 0 Å². The third-order valence-electron chi connectivity index (χ3n) is 4.66. The molecule has 0 unspecified atom stereocenters. The van der Waals surface area contributed by atoms with Crippen LogP contribution in [-0.4, -0.2) is 40.0 Å². The van der Waals surface area contributed by atoms with Crippen molar-refractivity contribution in [3.8, 4) is 17.1 Å². The van der Waals surface area contributed by atoms with Gasteiger partial charge in [0.15, 0.2) is 5.82 Å². The molecule has 150 valence electrons. The molecule has 1 aromatic heterocycles. The van der Waals surface area contributed by atoms with Crippen molar-refractivity contribution in [3.05, 3.63) is 34.9 Å². The number of carbonyl (C=O) groups is 1. The van der Waals surface area contributed by atoms with Crippen molar-refractivity contribution in [2.24, 2.45) is 0 Å². The maximum Gasteiger partial charge on any atom is 0.233 e. The molecule has 3 rings (SSSR count). The minimum atomic E-state index is -0.287. The standard InChI is InChI=1S/C20H25ClN4O2S/c1-13(19(26)22-11-10-14-6-4-3-5-7-14)28-20-23-18(24-25-20)16-12-15(21)8-9-17(16)27-2/h6,8-9,12-13H,3-5,7,10-11H2,1-2H3,(H,22,26)(H,23,24,25)/t13-/m1/s1. The molecule has 1 aliphatic carbocycles. The fraction of sp³-hybridized carbons (Fsp3) is 0.450. The number of aromatic nitrogens is 3. The van der Waals surface area contributed by atoms with E-state index in [4.69, 9.17) is 16.3 Å². The molecule has 1 aromatic carbocycles. The van der Waals surface area contributed by atoms with Gasteiger partial charge in [-0.1, -0.05) is 35.0 Å². The molecular weight excluding hydrogens is 396 g/mol. The van der Waals surface area contributed by atoms with Crippen LogP contribution in [0.4, 0.5) is 0 Å². The van der Waals surface area contributed by atoms with Crippen molar-refractivity contribution in [3.63, 3.8) is 0 Å². The summed E-state index contributed by atoms with van der Waals surface area (Å²) in [4.78, 5) is 16.8. The van der Waals surface area contributed by atoms with Crippen LogP contribution in [0.2, 0.25) is 5.02 Å². The van der Waals surface area contributed by atoms with Crippen molar-refractivity contribution in [1.82, 2.24) is 20.5 Å². The smallest absolute Gasteiger partial charge is 0.233 e. The number of hydrogen-bond donors (Lipinski definition) is 2. The zero-order chi connectivity index (χ0) is 19.9.